The second-order valence-electron chi connectivity index (χ2n) is 7.30. The molecule has 1 atom stereocenters. The van der Waals surface area contributed by atoms with Crippen LogP contribution in [0.5, 0.6) is 0 Å². The summed E-state index contributed by atoms with van der Waals surface area (Å²) in [6.07, 6.45) is -0.759. The van der Waals surface area contributed by atoms with Crippen LogP contribution in [-0.4, -0.2) is 35.7 Å². The van der Waals surface area contributed by atoms with Crippen molar-refractivity contribution in [1.82, 2.24) is 4.90 Å². The zero-order chi connectivity index (χ0) is 22.1. The predicted octanol–water partition coefficient (Wildman–Crippen LogP) is 6.00. The lowest BCUT2D eigenvalue weighted by Crippen LogP contribution is -2.37. The van der Waals surface area contributed by atoms with Crippen molar-refractivity contribution in [2.24, 2.45) is 0 Å². The van der Waals surface area contributed by atoms with Crippen molar-refractivity contribution in [3.63, 3.8) is 0 Å². The lowest BCUT2D eigenvalue weighted by molar-refractivity contribution is -0.142. The Balaban J connectivity index is 1.56. The Kier molecular flexibility index (Phi) is 5.90. The average molecular weight is 456 g/mol. The largest absolute Gasteiger partial charge is 0.479 e. The van der Waals surface area contributed by atoms with Crippen LogP contribution in [0.15, 0.2) is 66.7 Å². The van der Waals surface area contributed by atoms with Crippen LogP contribution in [0.25, 0.3) is 11.1 Å². The molecule has 1 N–H and O–H groups in total. The van der Waals surface area contributed by atoms with Crippen LogP contribution in [0.3, 0.4) is 0 Å². The number of halogens is 2. The number of fused-ring (bicyclic) bond motifs is 3. The Morgan fingerprint density at radius 1 is 0.968 bits per heavy atom. The molecule has 0 aromatic heterocycles. The van der Waals surface area contributed by atoms with E-state index in [-0.39, 0.29) is 28.1 Å². The lowest BCUT2D eigenvalue weighted by atomic mass is 9.98. The number of hydrogen-bond donors (Lipinski definition) is 1. The fraction of sp³-hybridized carbons (Fsp3) is 0.167. The highest BCUT2D eigenvalue weighted by Crippen LogP contribution is 2.44. The first-order valence-corrected chi connectivity index (χ1v) is 10.4. The van der Waals surface area contributed by atoms with Gasteiger partial charge >= 0.3 is 12.1 Å². The van der Waals surface area contributed by atoms with Crippen LogP contribution < -0.4 is 0 Å². The first-order valence-electron chi connectivity index (χ1n) is 9.64. The van der Waals surface area contributed by atoms with Gasteiger partial charge in [-0.05, 0) is 28.3 Å². The molecule has 1 amide bonds. The Morgan fingerprint density at radius 3 is 2.13 bits per heavy atom. The minimum atomic E-state index is -1.33. The fourth-order valence-electron chi connectivity index (χ4n) is 4.04. The highest BCUT2D eigenvalue weighted by Gasteiger charge is 2.33. The van der Waals surface area contributed by atoms with E-state index in [1.54, 1.807) is 12.1 Å². The zero-order valence-corrected chi connectivity index (χ0v) is 18.1. The lowest BCUT2D eigenvalue weighted by Gasteiger charge is -2.26. The molecular weight excluding hydrogens is 437 g/mol. The molecule has 1 aliphatic carbocycles. The number of aliphatic carboxylic acids is 1. The minimum absolute atomic E-state index is 0.0901. The number of carboxylic acid groups (broad SMARTS) is 1. The molecule has 3 aromatic rings. The van der Waals surface area contributed by atoms with Gasteiger partial charge in [0.2, 0.25) is 0 Å². The van der Waals surface area contributed by atoms with Gasteiger partial charge in [0, 0.05) is 18.5 Å². The molecule has 0 spiro atoms. The number of carbonyl (C=O) groups is 2. The number of amides is 1. The van der Waals surface area contributed by atoms with E-state index in [1.807, 2.05) is 48.5 Å². The molecule has 0 radical (unpaired) electrons. The summed E-state index contributed by atoms with van der Waals surface area (Å²) in [5.74, 6) is -1.36. The van der Waals surface area contributed by atoms with E-state index in [0.29, 0.717) is 0 Å². The smallest absolute Gasteiger partial charge is 0.410 e. The normalized spacial score (nSPS) is 13.3. The van der Waals surface area contributed by atoms with Crippen LogP contribution in [0.4, 0.5) is 4.79 Å². The summed E-state index contributed by atoms with van der Waals surface area (Å²) in [6.45, 7) is 0.0901. The van der Waals surface area contributed by atoms with Gasteiger partial charge in [-0.3, -0.25) is 4.90 Å². The quantitative estimate of drug-likeness (QED) is 0.512. The van der Waals surface area contributed by atoms with Gasteiger partial charge < -0.3 is 9.84 Å². The van der Waals surface area contributed by atoms with Crippen LogP contribution >= 0.6 is 23.2 Å². The van der Waals surface area contributed by atoms with E-state index >= 15 is 0 Å². The van der Waals surface area contributed by atoms with Gasteiger partial charge in [-0.1, -0.05) is 83.9 Å². The van der Waals surface area contributed by atoms with Crippen molar-refractivity contribution < 1.29 is 19.4 Å². The second-order valence-corrected chi connectivity index (χ2v) is 8.08. The highest BCUT2D eigenvalue weighted by molar-refractivity contribution is 6.42. The van der Waals surface area contributed by atoms with Crippen molar-refractivity contribution in [2.45, 2.75) is 12.0 Å². The molecule has 7 heteroatoms. The van der Waals surface area contributed by atoms with E-state index in [9.17, 15) is 14.7 Å². The van der Waals surface area contributed by atoms with Gasteiger partial charge in [-0.2, -0.15) is 0 Å². The number of nitrogens with zero attached hydrogens (tertiary/aromatic N) is 1. The molecule has 31 heavy (non-hydrogen) atoms. The van der Waals surface area contributed by atoms with Crippen LogP contribution in [0.2, 0.25) is 10.0 Å². The van der Waals surface area contributed by atoms with Gasteiger partial charge in [0.15, 0.2) is 6.04 Å². The second kappa shape index (κ2) is 8.61. The topological polar surface area (TPSA) is 66.8 Å². The maximum absolute atomic E-state index is 12.8. The number of hydrogen-bond acceptors (Lipinski definition) is 3. The number of benzene rings is 3. The summed E-state index contributed by atoms with van der Waals surface area (Å²) in [7, 11) is 1.37. The third-order valence-electron chi connectivity index (χ3n) is 5.52. The van der Waals surface area contributed by atoms with Gasteiger partial charge in [0.25, 0.3) is 0 Å². The molecule has 158 valence electrons. The van der Waals surface area contributed by atoms with Crippen LogP contribution in [0.1, 0.15) is 28.7 Å². The molecule has 0 saturated heterocycles. The van der Waals surface area contributed by atoms with Crippen LogP contribution in [0, 0.1) is 0 Å². The SMILES string of the molecule is CN(C(=O)OCC1c2ccccc2-c2ccccc21)C(C(=O)O)c1cccc(Cl)c1Cl. The summed E-state index contributed by atoms with van der Waals surface area (Å²) in [5, 5.41) is 10.1. The molecule has 5 nitrogen and oxygen atoms in total. The summed E-state index contributed by atoms with van der Waals surface area (Å²) >= 11 is 12.2. The average Bonchev–Trinajstić information content (AvgIpc) is 3.08. The van der Waals surface area contributed by atoms with Gasteiger partial charge in [0.05, 0.1) is 10.0 Å². The van der Waals surface area contributed by atoms with E-state index < -0.39 is 18.1 Å². The molecule has 0 saturated carbocycles. The molecular formula is C24H19Cl2NO4. The Morgan fingerprint density at radius 2 is 1.55 bits per heavy atom. The van der Waals surface area contributed by atoms with Crippen molar-refractivity contribution in [1.29, 1.82) is 0 Å². The van der Waals surface area contributed by atoms with Crippen molar-refractivity contribution in [3.8, 4) is 11.1 Å². The van der Waals surface area contributed by atoms with Crippen molar-refractivity contribution in [3.05, 3.63) is 93.5 Å². The maximum Gasteiger partial charge on any atom is 0.410 e. The van der Waals surface area contributed by atoms with Gasteiger partial charge in [-0.15, -0.1) is 0 Å². The third kappa shape index (κ3) is 3.87. The summed E-state index contributed by atoms with van der Waals surface area (Å²) in [5.41, 5.74) is 4.60. The summed E-state index contributed by atoms with van der Waals surface area (Å²) in [6, 6.07) is 19.3. The highest BCUT2D eigenvalue weighted by atomic mass is 35.5. The molecule has 3 aromatic carbocycles. The Hall–Kier alpha value is -3.02. The Labute approximate surface area is 189 Å². The molecule has 0 heterocycles. The van der Waals surface area contributed by atoms with E-state index in [4.69, 9.17) is 27.9 Å². The first kappa shape index (κ1) is 21.2. The van der Waals surface area contributed by atoms with Crippen LogP contribution in [-0.2, 0) is 9.53 Å². The molecule has 4 rings (SSSR count). The number of likely N-dealkylation sites (N-methyl/N-ethyl adjacent to an activating group) is 1. The number of ether oxygens (including phenoxy) is 1. The minimum Gasteiger partial charge on any atom is -0.479 e. The van der Waals surface area contributed by atoms with Gasteiger partial charge in [0.1, 0.15) is 6.61 Å². The molecule has 1 unspecified atom stereocenters. The number of carbonyl (C=O) groups excluding carboxylic acids is 1. The molecule has 0 fully saturated rings. The predicted molar refractivity (Wildman–Crippen MR) is 120 cm³/mol. The molecule has 0 aliphatic heterocycles. The monoisotopic (exact) mass is 455 g/mol. The third-order valence-corrected chi connectivity index (χ3v) is 6.35. The fourth-order valence-corrected chi connectivity index (χ4v) is 4.45. The number of rotatable bonds is 5. The van der Waals surface area contributed by atoms with Crippen molar-refractivity contribution >= 4 is 35.3 Å². The van der Waals surface area contributed by atoms with E-state index in [2.05, 4.69) is 0 Å². The maximum atomic E-state index is 12.8. The summed E-state index contributed by atoms with van der Waals surface area (Å²) in [4.78, 5) is 25.8. The first-order chi connectivity index (χ1) is 14.9. The number of carboxylic acids is 1. The van der Waals surface area contributed by atoms with Crippen molar-refractivity contribution in [2.75, 3.05) is 13.7 Å². The molecule has 1 aliphatic rings. The Bertz CT molecular complexity index is 1120. The van der Waals surface area contributed by atoms with Gasteiger partial charge in [-0.25, -0.2) is 9.59 Å². The summed E-state index contributed by atoms with van der Waals surface area (Å²) < 4.78 is 5.57. The zero-order valence-electron chi connectivity index (χ0n) is 16.6. The molecule has 0 bridgehead atoms. The van der Waals surface area contributed by atoms with E-state index in [0.717, 1.165) is 27.2 Å². The van der Waals surface area contributed by atoms with E-state index in [1.165, 1.54) is 13.1 Å². The standard InChI is InChI=1S/C24H19Cl2NO4/c1-27(22(23(28)29)18-11-6-12-20(25)21(18)26)24(30)31-13-19-16-9-4-2-7-14(16)15-8-3-5-10-17(15)19/h2-12,19,22H,13H2,1H3,(H,28,29).